The molecular weight excluding hydrogens is 224 g/mol. The smallest absolute Gasteiger partial charge is 0.318 e. The van der Waals surface area contributed by atoms with Gasteiger partial charge < -0.3 is 10.2 Å². The molecule has 2 aliphatic rings. The highest BCUT2D eigenvalue weighted by molar-refractivity contribution is 6.03. The predicted octanol–water partition coefficient (Wildman–Crippen LogP) is 1.17. The molecule has 2 saturated carbocycles. The van der Waals surface area contributed by atoms with Crippen molar-refractivity contribution < 1.29 is 24.6 Å². The van der Waals surface area contributed by atoms with E-state index in [-0.39, 0.29) is 11.7 Å². The second-order valence-corrected chi connectivity index (χ2v) is 5.67. The van der Waals surface area contributed by atoms with Gasteiger partial charge in [0.1, 0.15) is 5.78 Å². The van der Waals surface area contributed by atoms with E-state index in [0.29, 0.717) is 12.8 Å². The fourth-order valence-corrected chi connectivity index (χ4v) is 3.92. The van der Waals surface area contributed by atoms with E-state index in [2.05, 4.69) is 0 Å². The first kappa shape index (κ1) is 12.1. The molecule has 0 saturated heterocycles. The Labute approximate surface area is 98.8 Å². The van der Waals surface area contributed by atoms with Crippen LogP contribution in [0.1, 0.15) is 33.1 Å². The van der Waals surface area contributed by atoms with E-state index in [0.717, 1.165) is 6.42 Å². The lowest BCUT2D eigenvalue weighted by Gasteiger charge is -2.38. The van der Waals surface area contributed by atoms with E-state index in [1.807, 2.05) is 13.8 Å². The van der Waals surface area contributed by atoms with E-state index in [4.69, 9.17) is 10.2 Å². The van der Waals surface area contributed by atoms with Crippen LogP contribution in [0, 0.1) is 22.7 Å². The molecule has 94 valence electrons. The zero-order valence-corrected chi connectivity index (χ0v) is 9.90. The average Bonchev–Trinajstić information content (AvgIpc) is 2.50. The van der Waals surface area contributed by atoms with E-state index in [9.17, 15) is 14.4 Å². The molecule has 2 bridgehead atoms. The number of rotatable bonds is 3. The second kappa shape index (κ2) is 3.31. The largest absolute Gasteiger partial charge is 0.481 e. The molecule has 0 aromatic heterocycles. The van der Waals surface area contributed by atoms with Crippen molar-refractivity contribution in [2.45, 2.75) is 33.1 Å². The van der Waals surface area contributed by atoms with Gasteiger partial charge in [0.25, 0.3) is 0 Å². The fourth-order valence-electron chi connectivity index (χ4n) is 3.92. The number of ketones is 1. The van der Waals surface area contributed by atoms with E-state index in [1.165, 1.54) is 0 Å². The molecule has 2 atom stereocenters. The molecular formula is C12H16O5. The van der Waals surface area contributed by atoms with Gasteiger partial charge in [-0.25, -0.2) is 0 Å². The molecule has 2 N–H and O–H groups in total. The monoisotopic (exact) mass is 240 g/mol. The number of hydrogen-bond acceptors (Lipinski definition) is 3. The minimum absolute atomic E-state index is 0.121. The van der Waals surface area contributed by atoms with Gasteiger partial charge in [0.05, 0.1) is 5.41 Å². The van der Waals surface area contributed by atoms with Crippen LogP contribution in [-0.4, -0.2) is 27.9 Å². The lowest BCUT2D eigenvalue weighted by molar-refractivity contribution is -0.168. The number of carbonyl (C=O) groups is 3. The number of fused-ring (bicyclic) bond motifs is 2. The molecule has 17 heavy (non-hydrogen) atoms. The maximum absolute atomic E-state index is 12.1. The zero-order valence-electron chi connectivity index (χ0n) is 9.90. The Morgan fingerprint density at radius 1 is 1.29 bits per heavy atom. The maximum Gasteiger partial charge on any atom is 0.318 e. The van der Waals surface area contributed by atoms with Crippen molar-refractivity contribution in [1.29, 1.82) is 0 Å². The van der Waals surface area contributed by atoms with Crippen molar-refractivity contribution in [3.63, 3.8) is 0 Å². The molecule has 2 aliphatic carbocycles. The highest BCUT2D eigenvalue weighted by atomic mass is 16.4. The molecule has 0 radical (unpaired) electrons. The van der Waals surface area contributed by atoms with Crippen molar-refractivity contribution >= 4 is 17.7 Å². The van der Waals surface area contributed by atoms with Crippen LogP contribution in [0.25, 0.3) is 0 Å². The molecule has 2 unspecified atom stereocenters. The Kier molecular flexibility index (Phi) is 2.35. The Morgan fingerprint density at radius 3 is 2.12 bits per heavy atom. The van der Waals surface area contributed by atoms with Crippen LogP contribution in [0.2, 0.25) is 0 Å². The first-order valence-corrected chi connectivity index (χ1v) is 5.74. The molecule has 0 aliphatic heterocycles. The standard InChI is InChI=1S/C12H16O5/c1-11(2)6-3-4-12(11,7(13)5-6)8(9(14)15)10(16)17/h6,8H,3-5H2,1-2H3,(H,14,15)(H,16,17). The van der Waals surface area contributed by atoms with Crippen LogP contribution in [0.15, 0.2) is 0 Å². The molecule has 0 aromatic carbocycles. The van der Waals surface area contributed by atoms with Gasteiger partial charge in [-0.05, 0) is 24.2 Å². The van der Waals surface area contributed by atoms with Crippen LogP contribution in [0.4, 0.5) is 0 Å². The van der Waals surface area contributed by atoms with Gasteiger partial charge in [0.2, 0.25) is 0 Å². The van der Waals surface area contributed by atoms with E-state index >= 15 is 0 Å². The second-order valence-electron chi connectivity index (χ2n) is 5.67. The summed E-state index contributed by atoms with van der Waals surface area (Å²) in [5.74, 6) is -4.48. The molecule has 0 aromatic rings. The van der Waals surface area contributed by atoms with Gasteiger partial charge in [0.15, 0.2) is 5.92 Å². The average molecular weight is 240 g/mol. The van der Waals surface area contributed by atoms with Crippen molar-refractivity contribution in [3.8, 4) is 0 Å². The Morgan fingerprint density at radius 2 is 1.82 bits per heavy atom. The summed E-state index contributed by atoms with van der Waals surface area (Å²) >= 11 is 0. The van der Waals surface area contributed by atoms with Crippen LogP contribution >= 0.6 is 0 Å². The maximum atomic E-state index is 12.1. The van der Waals surface area contributed by atoms with Gasteiger partial charge in [-0.2, -0.15) is 0 Å². The molecule has 2 fully saturated rings. The lowest BCUT2D eigenvalue weighted by atomic mass is 9.61. The third-order valence-electron chi connectivity index (χ3n) is 4.97. The van der Waals surface area contributed by atoms with Crippen LogP contribution in [-0.2, 0) is 14.4 Å². The van der Waals surface area contributed by atoms with Gasteiger partial charge in [0, 0.05) is 6.42 Å². The summed E-state index contributed by atoms with van der Waals surface area (Å²) in [6, 6.07) is 0. The molecule has 5 heteroatoms. The zero-order chi connectivity index (χ0) is 13.0. The summed E-state index contributed by atoms with van der Waals surface area (Å²) in [5, 5.41) is 18.3. The van der Waals surface area contributed by atoms with Crippen LogP contribution < -0.4 is 0 Å². The number of carboxylic acids is 2. The third kappa shape index (κ3) is 1.22. The highest BCUT2D eigenvalue weighted by Crippen LogP contribution is 2.66. The highest BCUT2D eigenvalue weighted by Gasteiger charge is 2.70. The predicted molar refractivity (Wildman–Crippen MR) is 57.3 cm³/mol. The van der Waals surface area contributed by atoms with Crippen molar-refractivity contribution in [2.75, 3.05) is 0 Å². The summed E-state index contributed by atoms with van der Waals surface area (Å²) in [7, 11) is 0. The summed E-state index contributed by atoms with van der Waals surface area (Å²) in [4.78, 5) is 34.5. The van der Waals surface area contributed by atoms with Gasteiger partial charge in [-0.1, -0.05) is 13.8 Å². The van der Waals surface area contributed by atoms with Gasteiger partial charge in [-0.3, -0.25) is 14.4 Å². The normalized spacial score (nSPS) is 34.3. The first-order valence-electron chi connectivity index (χ1n) is 5.74. The SMILES string of the molecule is CC1(C)C2CCC1(C(C(=O)O)C(=O)O)C(=O)C2. The molecule has 0 amide bonds. The van der Waals surface area contributed by atoms with E-state index in [1.54, 1.807) is 0 Å². The van der Waals surface area contributed by atoms with E-state index < -0.39 is 28.7 Å². The summed E-state index contributed by atoms with van der Waals surface area (Å²) in [6.45, 7) is 3.66. The minimum Gasteiger partial charge on any atom is -0.481 e. The Balaban J connectivity index is 2.57. The van der Waals surface area contributed by atoms with Crippen molar-refractivity contribution in [3.05, 3.63) is 0 Å². The number of carbonyl (C=O) groups excluding carboxylic acids is 1. The van der Waals surface area contributed by atoms with Crippen molar-refractivity contribution in [2.24, 2.45) is 22.7 Å². The minimum atomic E-state index is -1.61. The topological polar surface area (TPSA) is 91.7 Å². The molecule has 0 spiro atoms. The number of hydrogen-bond donors (Lipinski definition) is 2. The van der Waals surface area contributed by atoms with Gasteiger partial charge >= 0.3 is 11.9 Å². The summed E-state index contributed by atoms with van der Waals surface area (Å²) in [5.41, 5.74) is -1.75. The summed E-state index contributed by atoms with van der Waals surface area (Å²) in [6.07, 6.45) is 1.45. The number of aliphatic carboxylic acids is 2. The van der Waals surface area contributed by atoms with Crippen LogP contribution in [0.3, 0.4) is 0 Å². The molecule has 5 nitrogen and oxygen atoms in total. The molecule has 0 heterocycles. The quantitative estimate of drug-likeness (QED) is 0.722. The Bertz CT molecular complexity index is 397. The van der Waals surface area contributed by atoms with Crippen molar-refractivity contribution in [1.82, 2.24) is 0 Å². The summed E-state index contributed by atoms with van der Waals surface area (Å²) < 4.78 is 0. The Hall–Kier alpha value is -1.39. The number of carboxylic acid groups (broad SMARTS) is 2. The lowest BCUT2D eigenvalue weighted by Crippen LogP contribution is -2.49. The first-order chi connectivity index (χ1) is 7.75. The fraction of sp³-hybridized carbons (Fsp3) is 0.750. The molecule has 2 rings (SSSR count). The third-order valence-corrected chi connectivity index (χ3v) is 4.97. The van der Waals surface area contributed by atoms with Gasteiger partial charge in [-0.15, -0.1) is 0 Å². The van der Waals surface area contributed by atoms with Crippen LogP contribution in [0.5, 0.6) is 0 Å². The number of Topliss-reactive ketones (excluding diaryl/α,β-unsaturated/α-hetero) is 1.